The topological polar surface area (TPSA) is 96.2 Å². The lowest BCUT2D eigenvalue weighted by Crippen LogP contribution is -2.21. The van der Waals surface area contributed by atoms with Crippen LogP contribution >= 0.6 is 0 Å². The molecule has 3 N–H and O–H groups in total. The summed E-state index contributed by atoms with van der Waals surface area (Å²) in [5, 5.41) is 30.6. The predicted octanol–water partition coefficient (Wildman–Crippen LogP) is 2.40. The highest BCUT2D eigenvalue weighted by atomic mass is 16.5. The fourth-order valence-corrected chi connectivity index (χ4v) is 3.38. The van der Waals surface area contributed by atoms with Gasteiger partial charge in [0.1, 0.15) is 18.5 Å². The molecule has 1 aliphatic rings. The van der Waals surface area contributed by atoms with Crippen LogP contribution in [-0.2, 0) is 9.53 Å². The summed E-state index contributed by atoms with van der Waals surface area (Å²) in [4.78, 5) is 11.1. The van der Waals surface area contributed by atoms with Crippen molar-refractivity contribution in [3.63, 3.8) is 0 Å². The van der Waals surface area contributed by atoms with Crippen molar-refractivity contribution in [1.29, 1.82) is 0 Å². The highest BCUT2D eigenvalue weighted by Gasteiger charge is 2.39. The Morgan fingerprint density at radius 1 is 1.24 bits per heavy atom. The quantitative estimate of drug-likeness (QED) is 0.316. The minimum Gasteiger partial charge on any atom is -0.491 e. The van der Waals surface area contributed by atoms with Crippen molar-refractivity contribution in [2.24, 2.45) is 11.8 Å². The number of benzene rings is 1. The van der Waals surface area contributed by atoms with Crippen LogP contribution in [0.3, 0.4) is 0 Å². The molecule has 0 aliphatic heterocycles. The Hall–Kier alpha value is -2.37. The molecule has 1 unspecified atom stereocenters. The van der Waals surface area contributed by atoms with Crippen LogP contribution in [0, 0.1) is 11.8 Å². The molecule has 6 heteroatoms. The fourth-order valence-electron chi connectivity index (χ4n) is 3.38. The monoisotopic (exact) mass is 402 g/mol. The fraction of sp³-hybridized carbons (Fsp3) is 0.478. The van der Waals surface area contributed by atoms with E-state index in [9.17, 15) is 20.1 Å². The summed E-state index contributed by atoms with van der Waals surface area (Å²) in [6.45, 7) is 0.110. The number of carbonyl (C=O) groups excluding carboxylic acids is 1. The van der Waals surface area contributed by atoms with E-state index in [1.165, 1.54) is 7.11 Å². The Balaban J connectivity index is 1.85. The summed E-state index contributed by atoms with van der Waals surface area (Å²) in [5.41, 5.74) is 3.01. The Morgan fingerprint density at radius 2 is 2.00 bits per heavy atom. The summed E-state index contributed by atoms with van der Waals surface area (Å²) >= 11 is 0. The molecule has 0 radical (unpaired) electrons. The zero-order valence-corrected chi connectivity index (χ0v) is 16.7. The molecule has 29 heavy (non-hydrogen) atoms. The number of para-hydroxylation sites is 1. The van der Waals surface area contributed by atoms with Crippen molar-refractivity contribution in [2.75, 3.05) is 13.7 Å². The minimum absolute atomic E-state index is 0.110. The van der Waals surface area contributed by atoms with Gasteiger partial charge in [-0.2, -0.15) is 0 Å². The molecule has 6 nitrogen and oxygen atoms in total. The van der Waals surface area contributed by atoms with Crippen molar-refractivity contribution in [3.05, 3.63) is 60.4 Å². The lowest BCUT2D eigenvalue weighted by atomic mass is 9.90. The van der Waals surface area contributed by atoms with Gasteiger partial charge in [-0.3, -0.25) is 4.79 Å². The van der Waals surface area contributed by atoms with Crippen molar-refractivity contribution >= 4 is 5.97 Å². The molecule has 1 aromatic carbocycles. The molecule has 1 fully saturated rings. The second-order valence-electron chi connectivity index (χ2n) is 7.11. The maximum Gasteiger partial charge on any atom is 0.305 e. The Kier molecular flexibility index (Phi) is 9.68. The Bertz CT molecular complexity index is 707. The first kappa shape index (κ1) is 22.9. The van der Waals surface area contributed by atoms with Crippen molar-refractivity contribution in [3.8, 4) is 5.75 Å². The maximum absolute atomic E-state index is 11.1. The zero-order chi connectivity index (χ0) is 21.1. The molecule has 1 saturated carbocycles. The van der Waals surface area contributed by atoms with Crippen molar-refractivity contribution in [1.82, 2.24) is 0 Å². The first-order chi connectivity index (χ1) is 14.0. The van der Waals surface area contributed by atoms with Gasteiger partial charge < -0.3 is 24.8 Å². The molecule has 158 valence electrons. The van der Waals surface area contributed by atoms with Crippen LogP contribution < -0.4 is 4.74 Å². The number of methoxy groups -OCH3 is 1. The maximum atomic E-state index is 11.1. The number of hydrogen-bond acceptors (Lipinski definition) is 6. The third-order valence-corrected chi connectivity index (χ3v) is 4.98. The number of aliphatic hydroxyl groups is 3. The third kappa shape index (κ3) is 7.87. The standard InChI is InChI=1S/C23H30O6/c1-28-23(27)12-8-3-2-7-11-19-20(22(26)15-21(19)25)14-13-17(24)16-29-18-9-5-4-6-10-18/h3-7,9-10,13-14,17,19-22,24-26H,8,11-12,15-16H2,1H3/b14-13+/t2?,17?,19-,20-,21+,22-/m1/s1. The Morgan fingerprint density at radius 3 is 2.72 bits per heavy atom. The molecule has 1 aromatic rings. The van der Waals surface area contributed by atoms with E-state index in [0.29, 0.717) is 31.4 Å². The molecule has 0 heterocycles. The summed E-state index contributed by atoms with van der Waals surface area (Å²) in [7, 11) is 1.35. The first-order valence-corrected chi connectivity index (χ1v) is 9.87. The van der Waals surface area contributed by atoms with Crippen molar-refractivity contribution < 1.29 is 29.6 Å². The normalized spacial score (nSPS) is 24.7. The van der Waals surface area contributed by atoms with Gasteiger partial charge in [0.15, 0.2) is 0 Å². The van der Waals surface area contributed by atoms with Crippen LogP contribution in [0.1, 0.15) is 25.7 Å². The molecule has 5 atom stereocenters. The van der Waals surface area contributed by atoms with Gasteiger partial charge in [-0.15, -0.1) is 5.73 Å². The summed E-state index contributed by atoms with van der Waals surface area (Å²) in [6, 6.07) is 9.23. The smallest absolute Gasteiger partial charge is 0.305 e. The average molecular weight is 402 g/mol. The van der Waals surface area contributed by atoms with Gasteiger partial charge in [-0.05, 0) is 43.0 Å². The van der Waals surface area contributed by atoms with Gasteiger partial charge in [0.05, 0.1) is 19.3 Å². The number of esters is 1. The SMILES string of the molecule is COC(=O)CCC=C=CC[C@@H]1[C@@H](/C=C/C(O)COc2ccccc2)[C@H](O)C[C@@H]1O. The van der Waals surface area contributed by atoms with E-state index >= 15 is 0 Å². The molecule has 0 saturated heterocycles. The van der Waals surface area contributed by atoms with Gasteiger partial charge in [0.2, 0.25) is 0 Å². The van der Waals surface area contributed by atoms with Crippen LogP contribution in [0.2, 0.25) is 0 Å². The summed E-state index contributed by atoms with van der Waals surface area (Å²) < 4.78 is 10.1. The van der Waals surface area contributed by atoms with Gasteiger partial charge in [0.25, 0.3) is 0 Å². The van der Waals surface area contributed by atoms with E-state index in [-0.39, 0.29) is 24.4 Å². The highest BCUT2D eigenvalue weighted by molar-refractivity contribution is 5.69. The number of ether oxygens (including phenoxy) is 2. The molecule has 0 spiro atoms. The molecular formula is C23H30O6. The lowest BCUT2D eigenvalue weighted by Gasteiger charge is -2.19. The van der Waals surface area contributed by atoms with Crippen LogP contribution in [0.15, 0.2) is 60.4 Å². The van der Waals surface area contributed by atoms with E-state index in [2.05, 4.69) is 10.5 Å². The largest absolute Gasteiger partial charge is 0.491 e. The third-order valence-electron chi connectivity index (χ3n) is 4.98. The zero-order valence-electron chi connectivity index (χ0n) is 16.7. The molecule has 2 rings (SSSR count). The van der Waals surface area contributed by atoms with E-state index in [1.54, 1.807) is 24.3 Å². The molecular weight excluding hydrogens is 372 g/mol. The summed E-state index contributed by atoms with van der Waals surface area (Å²) in [6.07, 6.45) is 6.52. The molecule has 0 amide bonds. The predicted molar refractivity (Wildman–Crippen MR) is 109 cm³/mol. The first-order valence-electron chi connectivity index (χ1n) is 9.87. The number of carbonyl (C=O) groups is 1. The Labute approximate surface area is 171 Å². The molecule has 1 aliphatic carbocycles. The van der Waals surface area contributed by atoms with Crippen LogP contribution in [0.4, 0.5) is 0 Å². The van der Waals surface area contributed by atoms with Crippen LogP contribution in [0.25, 0.3) is 0 Å². The summed E-state index contributed by atoms with van der Waals surface area (Å²) in [5.74, 6) is -0.00911. The number of hydrogen-bond donors (Lipinski definition) is 3. The minimum atomic E-state index is -0.811. The van der Waals surface area contributed by atoms with Crippen molar-refractivity contribution in [2.45, 2.75) is 44.0 Å². The molecule has 0 aromatic heterocycles. The lowest BCUT2D eigenvalue weighted by molar-refractivity contribution is -0.140. The van der Waals surface area contributed by atoms with E-state index in [0.717, 1.165) is 0 Å². The average Bonchev–Trinajstić information content (AvgIpc) is 3.00. The highest BCUT2D eigenvalue weighted by Crippen LogP contribution is 2.36. The van der Waals surface area contributed by atoms with Gasteiger partial charge in [-0.1, -0.05) is 30.4 Å². The second-order valence-corrected chi connectivity index (χ2v) is 7.11. The number of allylic oxidation sites excluding steroid dienone is 1. The number of rotatable bonds is 10. The number of aliphatic hydroxyl groups excluding tert-OH is 3. The van der Waals surface area contributed by atoms with Crippen LogP contribution in [0.5, 0.6) is 5.75 Å². The second kappa shape index (κ2) is 12.2. The van der Waals surface area contributed by atoms with Gasteiger partial charge in [0, 0.05) is 18.8 Å². The van der Waals surface area contributed by atoms with Gasteiger partial charge >= 0.3 is 5.97 Å². The van der Waals surface area contributed by atoms with E-state index in [4.69, 9.17) is 4.74 Å². The van der Waals surface area contributed by atoms with E-state index in [1.807, 2.05) is 30.3 Å². The van der Waals surface area contributed by atoms with E-state index < -0.39 is 18.3 Å². The van der Waals surface area contributed by atoms with Gasteiger partial charge in [-0.25, -0.2) is 0 Å². The molecule has 0 bridgehead atoms. The van der Waals surface area contributed by atoms with Crippen LogP contribution in [-0.4, -0.2) is 53.3 Å².